The van der Waals surface area contributed by atoms with E-state index in [2.05, 4.69) is 4.98 Å². The predicted molar refractivity (Wildman–Crippen MR) is 79.9 cm³/mol. The summed E-state index contributed by atoms with van der Waals surface area (Å²) in [5.41, 5.74) is 7.69. The second-order valence-electron chi connectivity index (χ2n) is 5.20. The van der Waals surface area contributed by atoms with E-state index >= 15 is 0 Å². The number of rotatable bonds is 1. The number of pyridine rings is 1. The summed E-state index contributed by atoms with van der Waals surface area (Å²) in [6.07, 6.45) is 2.89. The van der Waals surface area contributed by atoms with Crippen LogP contribution in [0.4, 0.5) is 5.69 Å². The molecular weight excluding hydrogens is 274 g/mol. The summed E-state index contributed by atoms with van der Waals surface area (Å²) in [5.74, 6) is -0.0938. The predicted octanol–water partition coefficient (Wildman–Crippen LogP) is 1.78. The van der Waals surface area contributed by atoms with E-state index in [0.717, 1.165) is 28.6 Å². The molecule has 0 spiro atoms. The summed E-state index contributed by atoms with van der Waals surface area (Å²) in [6.45, 7) is 3.03. The number of anilines is 1. The van der Waals surface area contributed by atoms with Crippen LogP contribution in [0.15, 0.2) is 12.3 Å². The van der Waals surface area contributed by atoms with Crippen molar-refractivity contribution >= 4 is 33.1 Å². The smallest absolute Gasteiger partial charge is 0.266 e. The molecule has 0 aromatic carbocycles. The molecule has 0 radical (unpaired) electrons. The molecule has 1 saturated heterocycles. The molecule has 1 amide bonds. The van der Waals surface area contributed by atoms with Gasteiger partial charge in [-0.3, -0.25) is 4.79 Å². The van der Waals surface area contributed by atoms with Crippen molar-refractivity contribution in [2.45, 2.75) is 25.9 Å². The van der Waals surface area contributed by atoms with Gasteiger partial charge in [0.15, 0.2) is 0 Å². The first-order valence-electron chi connectivity index (χ1n) is 6.69. The standard InChI is InChI=1S/C14H17N3O2S/c1-8-4-5-16-13-10(8)11(15)12(20-13)14(19)17-6-2-3-9(18)7-17/h4-5,9,18H,2-3,6-7,15H2,1H3. The zero-order chi connectivity index (χ0) is 14.3. The van der Waals surface area contributed by atoms with Crippen LogP contribution in [0.3, 0.4) is 0 Å². The number of piperidine rings is 1. The van der Waals surface area contributed by atoms with Crippen LogP contribution in [-0.4, -0.2) is 40.1 Å². The number of amides is 1. The molecule has 0 saturated carbocycles. The Morgan fingerprint density at radius 3 is 3.10 bits per heavy atom. The third-order valence-corrected chi connectivity index (χ3v) is 4.82. The minimum atomic E-state index is -0.428. The molecule has 106 valence electrons. The van der Waals surface area contributed by atoms with Gasteiger partial charge in [-0.25, -0.2) is 4.98 Å². The fourth-order valence-corrected chi connectivity index (χ4v) is 3.75. The highest BCUT2D eigenvalue weighted by Gasteiger charge is 2.27. The first-order chi connectivity index (χ1) is 9.58. The van der Waals surface area contributed by atoms with Crippen molar-refractivity contribution in [3.63, 3.8) is 0 Å². The third kappa shape index (κ3) is 2.14. The second kappa shape index (κ2) is 5.03. The van der Waals surface area contributed by atoms with Gasteiger partial charge in [-0.15, -0.1) is 11.3 Å². The highest BCUT2D eigenvalue weighted by molar-refractivity contribution is 7.21. The number of likely N-dealkylation sites (tertiary alicyclic amines) is 1. The first kappa shape index (κ1) is 13.3. The maximum Gasteiger partial charge on any atom is 0.266 e. The zero-order valence-electron chi connectivity index (χ0n) is 11.3. The summed E-state index contributed by atoms with van der Waals surface area (Å²) < 4.78 is 0. The summed E-state index contributed by atoms with van der Waals surface area (Å²) in [4.78, 5) is 19.9. The molecule has 20 heavy (non-hydrogen) atoms. The normalized spacial score (nSPS) is 19.5. The maximum absolute atomic E-state index is 12.6. The van der Waals surface area contributed by atoms with Crippen LogP contribution >= 0.6 is 11.3 Å². The van der Waals surface area contributed by atoms with Gasteiger partial charge in [0, 0.05) is 24.7 Å². The molecule has 1 aliphatic rings. The third-order valence-electron chi connectivity index (χ3n) is 3.72. The molecule has 0 aliphatic carbocycles. The lowest BCUT2D eigenvalue weighted by Crippen LogP contribution is -2.42. The topological polar surface area (TPSA) is 79.5 Å². The SMILES string of the molecule is Cc1ccnc2sc(C(=O)N3CCCC(O)C3)c(N)c12. The molecule has 1 fully saturated rings. The maximum atomic E-state index is 12.6. The van der Waals surface area contributed by atoms with Gasteiger partial charge in [0.1, 0.15) is 9.71 Å². The van der Waals surface area contributed by atoms with E-state index in [1.807, 2.05) is 13.0 Å². The van der Waals surface area contributed by atoms with Crippen LogP contribution in [0, 0.1) is 6.92 Å². The van der Waals surface area contributed by atoms with Crippen LogP contribution in [-0.2, 0) is 0 Å². The lowest BCUT2D eigenvalue weighted by molar-refractivity contribution is 0.0478. The number of carbonyl (C=O) groups is 1. The number of hydrogen-bond acceptors (Lipinski definition) is 5. The number of β-amino-alcohol motifs (C(OH)–C–C–N with tert-alkyl or cyclic N) is 1. The molecule has 1 unspecified atom stereocenters. The van der Waals surface area contributed by atoms with E-state index < -0.39 is 6.10 Å². The number of fused-ring (bicyclic) bond motifs is 1. The van der Waals surface area contributed by atoms with Crippen molar-refractivity contribution in [1.82, 2.24) is 9.88 Å². The summed E-state index contributed by atoms with van der Waals surface area (Å²) >= 11 is 1.33. The Kier molecular flexibility index (Phi) is 3.35. The van der Waals surface area contributed by atoms with E-state index in [1.165, 1.54) is 11.3 Å². The summed E-state index contributed by atoms with van der Waals surface area (Å²) in [6, 6.07) is 1.89. The Morgan fingerprint density at radius 1 is 1.60 bits per heavy atom. The summed E-state index contributed by atoms with van der Waals surface area (Å²) in [7, 11) is 0. The molecule has 5 nitrogen and oxygen atoms in total. The Labute approximate surface area is 121 Å². The van der Waals surface area contributed by atoms with Gasteiger partial charge in [-0.2, -0.15) is 0 Å². The van der Waals surface area contributed by atoms with Crippen molar-refractivity contribution in [2.24, 2.45) is 0 Å². The fourth-order valence-electron chi connectivity index (χ4n) is 2.65. The van der Waals surface area contributed by atoms with Crippen LogP contribution in [0.5, 0.6) is 0 Å². The fraction of sp³-hybridized carbons (Fsp3) is 0.429. The van der Waals surface area contributed by atoms with Crippen molar-refractivity contribution in [3.05, 3.63) is 22.7 Å². The van der Waals surface area contributed by atoms with Crippen LogP contribution in [0.25, 0.3) is 10.2 Å². The van der Waals surface area contributed by atoms with Crippen molar-refractivity contribution in [3.8, 4) is 0 Å². The van der Waals surface area contributed by atoms with E-state index in [1.54, 1.807) is 11.1 Å². The molecule has 1 atom stereocenters. The number of aliphatic hydroxyl groups excluding tert-OH is 1. The number of aromatic nitrogens is 1. The number of thiophene rings is 1. The van der Waals surface area contributed by atoms with Gasteiger partial charge in [-0.05, 0) is 31.4 Å². The molecule has 6 heteroatoms. The van der Waals surface area contributed by atoms with Crippen LogP contribution < -0.4 is 5.73 Å². The average molecular weight is 291 g/mol. The largest absolute Gasteiger partial charge is 0.397 e. The lowest BCUT2D eigenvalue weighted by atomic mass is 10.1. The molecule has 3 heterocycles. The molecule has 0 bridgehead atoms. The monoisotopic (exact) mass is 291 g/mol. The van der Waals surface area contributed by atoms with E-state index in [9.17, 15) is 9.90 Å². The number of carbonyl (C=O) groups excluding carboxylic acids is 1. The Bertz CT molecular complexity index is 668. The molecule has 2 aromatic rings. The van der Waals surface area contributed by atoms with Gasteiger partial charge in [0.05, 0.1) is 11.8 Å². The van der Waals surface area contributed by atoms with E-state index in [4.69, 9.17) is 5.73 Å². The van der Waals surface area contributed by atoms with Crippen molar-refractivity contribution < 1.29 is 9.90 Å². The van der Waals surface area contributed by atoms with Crippen molar-refractivity contribution in [1.29, 1.82) is 0 Å². The van der Waals surface area contributed by atoms with Crippen LogP contribution in [0.1, 0.15) is 28.1 Å². The van der Waals surface area contributed by atoms with Crippen LogP contribution in [0.2, 0.25) is 0 Å². The minimum Gasteiger partial charge on any atom is -0.397 e. The highest BCUT2D eigenvalue weighted by Crippen LogP contribution is 2.35. The van der Waals surface area contributed by atoms with Gasteiger partial charge >= 0.3 is 0 Å². The summed E-state index contributed by atoms with van der Waals surface area (Å²) in [5, 5.41) is 10.6. The number of aliphatic hydroxyl groups is 1. The van der Waals surface area contributed by atoms with Gasteiger partial charge < -0.3 is 15.7 Å². The molecule has 1 aliphatic heterocycles. The van der Waals surface area contributed by atoms with Crippen molar-refractivity contribution in [2.75, 3.05) is 18.8 Å². The molecule has 2 aromatic heterocycles. The Hall–Kier alpha value is -1.66. The average Bonchev–Trinajstić information content (AvgIpc) is 2.76. The second-order valence-corrected chi connectivity index (χ2v) is 6.20. The highest BCUT2D eigenvalue weighted by atomic mass is 32.1. The number of nitrogens with zero attached hydrogens (tertiary/aromatic N) is 2. The van der Waals surface area contributed by atoms with E-state index in [-0.39, 0.29) is 5.91 Å². The number of nitrogen functional groups attached to an aromatic ring is 1. The van der Waals surface area contributed by atoms with Gasteiger partial charge in [-0.1, -0.05) is 0 Å². The first-order valence-corrected chi connectivity index (χ1v) is 7.50. The quantitative estimate of drug-likeness (QED) is 0.839. The Balaban J connectivity index is 1.99. The number of hydrogen-bond donors (Lipinski definition) is 2. The van der Waals surface area contributed by atoms with E-state index in [0.29, 0.717) is 23.7 Å². The number of nitrogens with two attached hydrogens (primary N) is 1. The molecule has 3 rings (SSSR count). The van der Waals surface area contributed by atoms with Gasteiger partial charge in [0.2, 0.25) is 0 Å². The van der Waals surface area contributed by atoms with Gasteiger partial charge in [0.25, 0.3) is 5.91 Å². The minimum absolute atomic E-state index is 0.0938. The zero-order valence-corrected chi connectivity index (χ0v) is 12.1. The lowest BCUT2D eigenvalue weighted by Gasteiger charge is -2.29. The molecular formula is C14H17N3O2S. The Morgan fingerprint density at radius 2 is 2.40 bits per heavy atom. The molecule has 3 N–H and O–H groups in total. The number of aryl methyl sites for hydroxylation is 1.